The van der Waals surface area contributed by atoms with Crippen LogP contribution in [0.1, 0.15) is 18.2 Å². The van der Waals surface area contributed by atoms with Crippen LogP contribution in [-0.2, 0) is 12.6 Å². The highest BCUT2D eigenvalue weighted by atomic mass is 19.4. The molecule has 0 atom stereocenters. The molecule has 3 rings (SSSR count). The second kappa shape index (κ2) is 7.30. The minimum Gasteiger partial charge on any atom is -0.363 e. The summed E-state index contributed by atoms with van der Waals surface area (Å²) in [7, 11) is 3.67. The molecule has 0 amide bonds. The third-order valence-electron chi connectivity index (χ3n) is 3.99. The first kappa shape index (κ1) is 18.8. The van der Waals surface area contributed by atoms with Crippen LogP contribution < -0.4 is 4.90 Å². The van der Waals surface area contributed by atoms with Gasteiger partial charge in [0, 0.05) is 38.1 Å². The zero-order chi connectivity index (χ0) is 19.6. The minimum atomic E-state index is -4.38. The van der Waals surface area contributed by atoms with Crippen molar-refractivity contribution in [1.29, 1.82) is 0 Å². The summed E-state index contributed by atoms with van der Waals surface area (Å²) in [5.74, 6) is 0.959. The van der Waals surface area contributed by atoms with Crippen LogP contribution in [0, 0.1) is 0 Å². The number of hydrogen-bond acceptors (Lipinski definition) is 5. The summed E-state index contributed by atoms with van der Waals surface area (Å²) in [5.41, 5.74) is 1.79. The highest BCUT2D eigenvalue weighted by molar-refractivity contribution is 5.67. The summed E-state index contributed by atoms with van der Waals surface area (Å²) in [4.78, 5) is 19.5. The lowest BCUT2D eigenvalue weighted by atomic mass is 10.1. The molecule has 5 nitrogen and oxygen atoms in total. The monoisotopic (exact) mass is 373 g/mol. The van der Waals surface area contributed by atoms with Crippen molar-refractivity contribution in [2.24, 2.45) is 0 Å². The fourth-order valence-corrected chi connectivity index (χ4v) is 2.56. The summed E-state index contributed by atoms with van der Waals surface area (Å²) >= 11 is 0. The first-order valence-corrected chi connectivity index (χ1v) is 8.34. The minimum absolute atomic E-state index is 0.331. The third-order valence-corrected chi connectivity index (χ3v) is 3.99. The fourth-order valence-electron chi connectivity index (χ4n) is 2.56. The average molecular weight is 373 g/mol. The molecule has 0 fully saturated rings. The number of aryl methyl sites for hydroxylation is 1. The van der Waals surface area contributed by atoms with Crippen molar-refractivity contribution >= 4 is 5.82 Å². The molecule has 140 valence electrons. The van der Waals surface area contributed by atoms with Gasteiger partial charge in [0.1, 0.15) is 11.5 Å². The van der Waals surface area contributed by atoms with Gasteiger partial charge in [-0.1, -0.05) is 19.1 Å². The second-order valence-corrected chi connectivity index (χ2v) is 6.11. The number of halogens is 3. The van der Waals surface area contributed by atoms with E-state index in [2.05, 4.69) is 19.9 Å². The Kier molecular flexibility index (Phi) is 5.07. The molecule has 0 aliphatic carbocycles. The molecule has 0 aliphatic rings. The largest absolute Gasteiger partial charge is 0.416 e. The lowest BCUT2D eigenvalue weighted by Gasteiger charge is -2.15. The van der Waals surface area contributed by atoms with Crippen LogP contribution in [-0.4, -0.2) is 34.0 Å². The van der Waals surface area contributed by atoms with Crippen molar-refractivity contribution in [3.8, 4) is 22.8 Å². The van der Waals surface area contributed by atoms with Crippen molar-refractivity contribution < 1.29 is 13.2 Å². The SMILES string of the molecule is CCc1nccnc1-c1cc(N(C)C)nc(-c2ccc(C(F)(F)F)cc2)n1. The molecule has 27 heavy (non-hydrogen) atoms. The predicted octanol–water partition coefficient (Wildman–Crippen LogP) is 4.25. The van der Waals surface area contributed by atoms with Crippen molar-refractivity contribution in [3.63, 3.8) is 0 Å². The van der Waals surface area contributed by atoms with Crippen LogP contribution in [0.2, 0.25) is 0 Å². The van der Waals surface area contributed by atoms with Gasteiger partial charge in [-0.3, -0.25) is 9.97 Å². The first-order chi connectivity index (χ1) is 12.8. The molecule has 0 spiro atoms. The summed E-state index contributed by atoms with van der Waals surface area (Å²) in [6.45, 7) is 1.97. The third kappa shape index (κ3) is 4.05. The quantitative estimate of drug-likeness (QED) is 0.684. The fraction of sp³-hybridized carbons (Fsp3) is 0.263. The van der Waals surface area contributed by atoms with E-state index in [4.69, 9.17) is 0 Å². The number of nitrogens with zero attached hydrogens (tertiary/aromatic N) is 5. The Morgan fingerprint density at radius 3 is 2.22 bits per heavy atom. The van der Waals surface area contributed by atoms with Gasteiger partial charge in [-0.25, -0.2) is 9.97 Å². The predicted molar refractivity (Wildman–Crippen MR) is 97.2 cm³/mol. The number of aromatic nitrogens is 4. The number of alkyl halides is 3. The molecule has 0 saturated carbocycles. The number of anilines is 1. The maximum atomic E-state index is 12.8. The van der Waals surface area contributed by atoms with E-state index in [9.17, 15) is 13.2 Å². The lowest BCUT2D eigenvalue weighted by molar-refractivity contribution is -0.137. The average Bonchev–Trinajstić information content (AvgIpc) is 2.67. The van der Waals surface area contributed by atoms with Gasteiger partial charge in [-0.15, -0.1) is 0 Å². The Balaban J connectivity index is 2.12. The molecule has 1 aromatic carbocycles. The smallest absolute Gasteiger partial charge is 0.363 e. The van der Waals surface area contributed by atoms with E-state index in [-0.39, 0.29) is 0 Å². The number of rotatable bonds is 4. The highest BCUT2D eigenvalue weighted by Crippen LogP contribution is 2.31. The molecule has 0 radical (unpaired) electrons. The Bertz CT molecular complexity index is 937. The first-order valence-electron chi connectivity index (χ1n) is 8.34. The van der Waals surface area contributed by atoms with Gasteiger partial charge in [0.15, 0.2) is 5.82 Å². The summed E-state index contributed by atoms with van der Waals surface area (Å²) in [6.07, 6.45) is -0.497. The number of benzene rings is 1. The summed E-state index contributed by atoms with van der Waals surface area (Å²) in [5, 5.41) is 0. The molecule has 0 bridgehead atoms. The van der Waals surface area contributed by atoms with Gasteiger partial charge in [-0.05, 0) is 18.6 Å². The zero-order valence-electron chi connectivity index (χ0n) is 15.1. The number of hydrogen-bond donors (Lipinski definition) is 0. The van der Waals surface area contributed by atoms with Crippen molar-refractivity contribution in [3.05, 3.63) is 54.0 Å². The molecular formula is C19H18F3N5. The Labute approximate surface area is 155 Å². The lowest BCUT2D eigenvalue weighted by Crippen LogP contribution is -2.12. The molecule has 0 aliphatic heterocycles. The Morgan fingerprint density at radius 1 is 0.963 bits per heavy atom. The van der Waals surface area contributed by atoms with E-state index in [0.717, 1.165) is 17.8 Å². The van der Waals surface area contributed by atoms with Gasteiger partial charge >= 0.3 is 6.18 Å². The Morgan fingerprint density at radius 2 is 1.63 bits per heavy atom. The molecule has 0 N–H and O–H groups in total. The van der Waals surface area contributed by atoms with Gasteiger partial charge < -0.3 is 4.90 Å². The van der Waals surface area contributed by atoms with E-state index in [0.29, 0.717) is 35.0 Å². The molecular weight excluding hydrogens is 355 g/mol. The molecule has 0 unspecified atom stereocenters. The van der Waals surface area contributed by atoms with Crippen LogP contribution in [0.5, 0.6) is 0 Å². The van der Waals surface area contributed by atoms with E-state index in [1.54, 1.807) is 23.4 Å². The van der Waals surface area contributed by atoms with Crippen LogP contribution in [0.4, 0.5) is 19.0 Å². The van der Waals surface area contributed by atoms with Gasteiger partial charge in [0.2, 0.25) is 0 Å². The van der Waals surface area contributed by atoms with E-state index >= 15 is 0 Å². The Hall–Kier alpha value is -3.03. The van der Waals surface area contributed by atoms with E-state index in [1.165, 1.54) is 12.1 Å². The van der Waals surface area contributed by atoms with Crippen LogP contribution in [0.25, 0.3) is 22.8 Å². The normalized spacial score (nSPS) is 11.5. The maximum Gasteiger partial charge on any atom is 0.416 e. The molecule has 8 heteroatoms. The van der Waals surface area contributed by atoms with Crippen LogP contribution in [0.3, 0.4) is 0 Å². The van der Waals surface area contributed by atoms with Gasteiger partial charge in [-0.2, -0.15) is 13.2 Å². The van der Waals surface area contributed by atoms with Crippen LogP contribution >= 0.6 is 0 Å². The van der Waals surface area contributed by atoms with Crippen molar-refractivity contribution in [1.82, 2.24) is 19.9 Å². The molecule has 0 saturated heterocycles. The van der Waals surface area contributed by atoms with E-state index < -0.39 is 11.7 Å². The standard InChI is InChI=1S/C19H18F3N5/c1-4-14-17(24-10-9-23-14)15-11-16(27(2)3)26-18(25-15)12-5-7-13(8-6-12)19(20,21)22/h5-11H,4H2,1-3H3. The van der Waals surface area contributed by atoms with Crippen molar-refractivity contribution in [2.45, 2.75) is 19.5 Å². The molecule has 2 aromatic heterocycles. The van der Waals surface area contributed by atoms with Crippen LogP contribution in [0.15, 0.2) is 42.7 Å². The highest BCUT2D eigenvalue weighted by Gasteiger charge is 2.30. The zero-order valence-corrected chi connectivity index (χ0v) is 15.1. The summed E-state index contributed by atoms with van der Waals surface area (Å²) in [6, 6.07) is 6.59. The maximum absolute atomic E-state index is 12.8. The van der Waals surface area contributed by atoms with Gasteiger partial charge in [0.25, 0.3) is 0 Å². The summed E-state index contributed by atoms with van der Waals surface area (Å²) < 4.78 is 38.4. The van der Waals surface area contributed by atoms with Gasteiger partial charge in [0.05, 0.1) is 17.0 Å². The molecule has 3 aromatic rings. The topological polar surface area (TPSA) is 54.8 Å². The molecule has 2 heterocycles. The van der Waals surface area contributed by atoms with E-state index in [1.807, 2.05) is 21.0 Å². The second-order valence-electron chi connectivity index (χ2n) is 6.11. The van der Waals surface area contributed by atoms with Crippen molar-refractivity contribution in [2.75, 3.05) is 19.0 Å².